The van der Waals surface area contributed by atoms with Gasteiger partial charge in [0.25, 0.3) is 5.91 Å². The summed E-state index contributed by atoms with van der Waals surface area (Å²) in [5.74, 6) is -0.849. The maximum atomic E-state index is 12.7. The van der Waals surface area contributed by atoms with Crippen LogP contribution in [0, 0.1) is 0 Å². The maximum absolute atomic E-state index is 12.7. The summed E-state index contributed by atoms with van der Waals surface area (Å²) in [5.41, 5.74) is 2.35. The highest BCUT2D eigenvalue weighted by molar-refractivity contribution is 6.05. The number of fused-ring (bicyclic) bond motifs is 1. The number of carbonyl (C=O) groups is 3. The largest absolute Gasteiger partial charge is 0.391 e. The number of benzene rings is 1. The van der Waals surface area contributed by atoms with Crippen LogP contribution in [0.15, 0.2) is 18.2 Å². The predicted octanol–water partition coefficient (Wildman–Crippen LogP) is 1.16. The Morgan fingerprint density at radius 3 is 2.69 bits per heavy atom. The lowest BCUT2D eigenvalue weighted by molar-refractivity contribution is -0.136. The molecule has 7 heteroatoms. The zero-order chi connectivity index (χ0) is 18.3. The van der Waals surface area contributed by atoms with E-state index in [1.165, 1.54) is 0 Å². The predicted molar refractivity (Wildman–Crippen MR) is 94.4 cm³/mol. The third kappa shape index (κ3) is 3.07. The molecular weight excluding hydrogens is 334 g/mol. The van der Waals surface area contributed by atoms with E-state index in [1.807, 2.05) is 12.1 Å². The van der Waals surface area contributed by atoms with E-state index in [4.69, 9.17) is 0 Å². The zero-order valence-electron chi connectivity index (χ0n) is 14.5. The Hall–Kier alpha value is -2.41. The van der Waals surface area contributed by atoms with Gasteiger partial charge in [-0.3, -0.25) is 19.7 Å². The van der Waals surface area contributed by atoms with Crippen LogP contribution in [0.4, 0.5) is 5.69 Å². The number of anilines is 1. The average molecular weight is 357 g/mol. The minimum absolute atomic E-state index is 0.0325. The van der Waals surface area contributed by atoms with E-state index >= 15 is 0 Å². The topological polar surface area (TPSA) is 98.7 Å². The lowest BCUT2D eigenvalue weighted by atomic mass is 9.92. The van der Waals surface area contributed by atoms with Gasteiger partial charge in [-0.25, -0.2) is 0 Å². The summed E-state index contributed by atoms with van der Waals surface area (Å²) < 4.78 is 0. The second-order valence-corrected chi connectivity index (χ2v) is 7.37. The van der Waals surface area contributed by atoms with Crippen molar-refractivity contribution in [2.24, 2.45) is 0 Å². The van der Waals surface area contributed by atoms with Gasteiger partial charge in [-0.05, 0) is 43.0 Å². The maximum Gasteiger partial charge on any atom is 0.255 e. The van der Waals surface area contributed by atoms with Crippen molar-refractivity contribution in [2.75, 3.05) is 5.32 Å². The van der Waals surface area contributed by atoms with Crippen LogP contribution in [0.25, 0.3) is 0 Å². The third-order valence-corrected chi connectivity index (χ3v) is 5.61. The number of imide groups is 1. The molecule has 2 aliphatic heterocycles. The first-order chi connectivity index (χ1) is 12.5. The van der Waals surface area contributed by atoms with Gasteiger partial charge in [-0.2, -0.15) is 0 Å². The first kappa shape index (κ1) is 17.0. The molecule has 0 spiro atoms. The molecule has 2 fully saturated rings. The number of amides is 3. The van der Waals surface area contributed by atoms with E-state index < -0.39 is 11.9 Å². The van der Waals surface area contributed by atoms with Crippen LogP contribution >= 0.6 is 0 Å². The van der Waals surface area contributed by atoms with E-state index in [0.717, 1.165) is 36.9 Å². The van der Waals surface area contributed by atoms with Gasteiger partial charge in [-0.15, -0.1) is 0 Å². The molecule has 3 N–H and O–H groups in total. The summed E-state index contributed by atoms with van der Waals surface area (Å²) in [6.07, 6.45) is 4.16. The molecule has 1 saturated heterocycles. The van der Waals surface area contributed by atoms with Gasteiger partial charge in [0.2, 0.25) is 11.8 Å². The number of nitrogens with one attached hydrogen (secondary N) is 2. The van der Waals surface area contributed by atoms with Gasteiger partial charge in [0.1, 0.15) is 6.04 Å². The number of carbonyl (C=O) groups excluding carboxylic acids is 3. The Kier molecular flexibility index (Phi) is 4.40. The SMILES string of the molecule is O=C1CCC(N2Cc3cc(NC4CCCCC4O)ccc3C2=O)C(=O)N1. The van der Waals surface area contributed by atoms with Crippen molar-refractivity contribution < 1.29 is 19.5 Å². The zero-order valence-corrected chi connectivity index (χ0v) is 14.5. The molecule has 3 aliphatic rings. The second-order valence-electron chi connectivity index (χ2n) is 7.37. The first-order valence-electron chi connectivity index (χ1n) is 9.25. The minimum atomic E-state index is -0.593. The van der Waals surface area contributed by atoms with Crippen molar-refractivity contribution in [1.82, 2.24) is 10.2 Å². The fourth-order valence-corrected chi connectivity index (χ4v) is 4.16. The summed E-state index contributed by atoms with van der Waals surface area (Å²) in [5, 5.41) is 15.8. The van der Waals surface area contributed by atoms with E-state index in [2.05, 4.69) is 10.6 Å². The molecule has 0 bridgehead atoms. The number of aliphatic hydroxyl groups is 1. The Morgan fingerprint density at radius 1 is 1.12 bits per heavy atom. The lowest BCUT2D eigenvalue weighted by Crippen LogP contribution is -2.52. The van der Waals surface area contributed by atoms with Crippen molar-refractivity contribution >= 4 is 23.4 Å². The number of piperidine rings is 1. The molecule has 4 rings (SSSR count). The fraction of sp³-hybridized carbons (Fsp3) is 0.526. The molecule has 1 aliphatic carbocycles. The van der Waals surface area contributed by atoms with E-state index in [9.17, 15) is 19.5 Å². The number of aliphatic hydroxyl groups excluding tert-OH is 1. The molecule has 0 radical (unpaired) electrons. The molecule has 1 saturated carbocycles. The smallest absolute Gasteiger partial charge is 0.255 e. The molecule has 1 aromatic carbocycles. The average Bonchev–Trinajstić information content (AvgIpc) is 2.93. The summed E-state index contributed by atoms with van der Waals surface area (Å²) in [6.45, 7) is 0.364. The molecule has 3 atom stereocenters. The standard InChI is InChI=1S/C19H23N3O4/c23-16-4-2-1-3-14(16)20-12-5-6-13-11(9-12)10-22(19(13)26)15-7-8-17(24)21-18(15)25/h5-6,9,14-16,20,23H,1-4,7-8,10H2,(H,21,24,25). The normalized spacial score (nSPS) is 28.7. The number of hydrogen-bond donors (Lipinski definition) is 3. The highest BCUT2D eigenvalue weighted by Gasteiger charge is 2.39. The van der Waals surface area contributed by atoms with E-state index in [0.29, 0.717) is 18.5 Å². The number of rotatable bonds is 3. The molecule has 2 heterocycles. The molecule has 138 valence electrons. The van der Waals surface area contributed by atoms with Gasteiger partial charge < -0.3 is 15.3 Å². The highest BCUT2D eigenvalue weighted by Crippen LogP contribution is 2.30. The van der Waals surface area contributed by atoms with E-state index in [-0.39, 0.29) is 30.4 Å². The highest BCUT2D eigenvalue weighted by atomic mass is 16.3. The van der Waals surface area contributed by atoms with Crippen molar-refractivity contribution in [3.8, 4) is 0 Å². The number of nitrogens with zero attached hydrogens (tertiary/aromatic N) is 1. The molecule has 26 heavy (non-hydrogen) atoms. The Labute approximate surface area is 151 Å². The molecular formula is C19H23N3O4. The molecule has 7 nitrogen and oxygen atoms in total. The fourth-order valence-electron chi connectivity index (χ4n) is 4.16. The van der Waals surface area contributed by atoms with Crippen LogP contribution in [0.1, 0.15) is 54.4 Å². The summed E-state index contributed by atoms with van der Waals surface area (Å²) in [6, 6.07) is 5.00. The third-order valence-electron chi connectivity index (χ3n) is 5.61. The van der Waals surface area contributed by atoms with Crippen LogP contribution < -0.4 is 10.6 Å². The minimum Gasteiger partial charge on any atom is -0.391 e. The van der Waals surface area contributed by atoms with Crippen molar-refractivity contribution in [3.05, 3.63) is 29.3 Å². The number of hydrogen-bond acceptors (Lipinski definition) is 5. The van der Waals surface area contributed by atoms with Crippen LogP contribution in [0.5, 0.6) is 0 Å². The first-order valence-corrected chi connectivity index (χ1v) is 9.25. The van der Waals surface area contributed by atoms with Gasteiger partial charge >= 0.3 is 0 Å². The van der Waals surface area contributed by atoms with Gasteiger partial charge in [-0.1, -0.05) is 12.8 Å². The van der Waals surface area contributed by atoms with Crippen LogP contribution in [0.2, 0.25) is 0 Å². The summed E-state index contributed by atoms with van der Waals surface area (Å²) in [4.78, 5) is 37.6. The Balaban J connectivity index is 1.49. The van der Waals surface area contributed by atoms with Crippen molar-refractivity contribution in [2.45, 2.75) is 63.3 Å². The van der Waals surface area contributed by atoms with Crippen LogP contribution in [0.3, 0.4) is 0 Å². The van der Waals surface area contributed by atoms with Gasteiger partial charge in [0, 0.05) is 24.2 Å². The molecule has 1 aromatic rings. The summed E-state index contributed by atoms with van der Waals surface area (Å²) >= 11 is 0. The van der Waals surface area contributed by atoms with Crippen LogP contribution in [-0.4, -0.2) is 45.9 Å². The Bertz CT molecular complexity index is 763. The lowest BCUT2D eigenvalue weighted by Gasteiger charge is -2.29. The van der Waals surface area contributed by atoms with Gasteiger partial charge in [0.05, 0.1) is 12.1 Å². The van der Waals surface area contributed by atoms with E-state index in [1.54, 1.807) is 11.0 Å². The van der Waals surface area contributed by atoms with Gasteiger partial charge in [0.15, 0.2) is 0 Å². The molecule has 3 unspecified atom stereocenters. The molecule has 3 amide bonds. The second kappa shape index (κ2) is 6.72. The van der Waals surface area contributed by atoms with Crippen molar-refractivity contribution in [1.29, 1.82) is 0 Å². The van der Waals surface area contributed by atoms with Crippen molar-refractivity contribution in [3.63, 3.8) is 0 Å². The Morgan fingerprint density at radius 2 is 1.92 bits per heavy atom. The summed E-state index contributed by atoms with van der Waals surface area (Å²) in [7, 11) is 0. The monoisotopic (exact) mass is 357 g/mol. The quantitative estimate of drug-likeness (QED) is 0.705. The van der Waals surface area contributed by atoms with Crippen LogP contribution in [-0.2, 0) is 16.1 Å². The molecule has 0 aromatic heterocycles.